The third-order valence-electron chi connectivity index (χ3n) is 7.54. The molecule has 2 amide bonds. The minimum absolute atomic E-state index is 0.0730. The number of aromatic nitrogens is 1. The number of ether oxygens (including phenoxy) is 1. The first-order chi connectivity index (χ1) is 20.0. The normalized spacial score (nSPS) is 17.6. The Balaban J connectivity index is 1.61. The van der Waals surface area contributed by atoms with Crippen LogP contribution in [0.5, 0.6) is 5.88 Å². The summed E-state index contributed by atoms with van der Waals surface area (Å²) in [6.07, 6.45) is 1.34. The lowest BCUT2D eigenvalue weighted by Crippen LogP contribution is -2.49. The van der Waals surface area contributed by atoms with E-state index < -0.39 is 12.0 Å². The molecule has 3 atom stereocenters. The molecule has 222 valence electrons. The van der Waals surface area contributed by atoms with Crippen molar-refractivity contribution in [2.75, 3.05) is 40.8 Å². The summed E-state index contributed by atoms with van der Waals surface area (Å²) < 4.78 is 6.42. The SMILES string of the molecule is C[C@@H]1CN([C@@H](C)CO)C(=O)c2cc(-c3ccc(C(=O)N(C)C)cc3)cnc2O[C@@H]1CN(C)Cc1ccc(C(=O)O)cc1. The van der Waals surface area contributed by atoms with E-state index in [0.717, 1.165) is 11.1 Å². The van der Waals surface area contributed by atoms with Gasteiger partial charge in [-0.1, -0.05) is 31.2 Å². The van der Waals surface area contributed by atoms with Crippen molar-refractivity contribution in [3.8, 4) is 17.0 Å². The molecule has 1 aliphatic rings. The van der Waals surface area contributed by atoms with E-state index in [-0.39, 0.29) is 41.9 Å². The maximum absolute atomic E-state index is 13.8. The number of likely N-dealkylation sites (N-methyl/N-ethyl adjacent to an activating group) is 1. The largest absolute Gasteiger partial charge is 0.478 e. The van der Waals surface area contributed by atoms with E-state index in [1.807, 2.05) is 33.0 Å². The Morgan fingerprint density at radius 2 is 1.69 bits per heavy atom. The van der Waals surface area contributed by atoms with Gasteiger partial charge in [0.25, 0.3) is 11.8 Å². The molecule has 0 bridgehead atoms. The molecule has 1 aliphatic heterocycles. The molecule has 4 rings (SSSR count). The summed E-state index contributed by atoms with van der Waals surface area (Å²) in [5.74, 6) is -1.17. The zero-order valence-corrected chi connectivity index (χ0v) is 24.7. The van der Waals surface area contributed by atoms with Gasteiger partial charge in [-0.05, 0) is 55.4 Å². The van der Waals surface area contributed by atoms with Crippen molar-refractivity contribution >= 4 is 17.8 Å². The van der Waals surface area contributed by atoms with Crippen LogP contribution in [0.3, 0.4) is 0 Å². The van der Waals surface area contributed by atoms with Crippen LogP contribution in [-0.2, 0) is 6.54 Å². The number of carbonyl (C=O) groups is 3. The van der Waals surface area contributed by atoms with Crippen LogP contribution >= 0.6 is 0 Å². The molecule has 42 heavy (non-hydrogen) atoms. The van der Waals surface area contributed by atoms with Crippen LogP contribution in [0.15, 0.2) is 60.8 Å². The molecule has 0 saturated heterocycles. The fraction of sp³-hybridized carbons (Fsp3) is 0.375. The number of carboxylic acids is 1. The van der Waals surface area contributed by atoms with E-state index in [2.05, 4.69) is 9.88 Å². The smallest absolute Gasteiger partial charge is 0.335 e. The highest BCUT2D eigenvalue weighted by atomic mass is 16.5. The van der Waals surface area contributed by atoms with Gasteiger partial charge in [0, 0.05) is 57.0 Å². The molecule has 2 aromatic carbocycles. The van der Waals surface area contributed by atoms with Crippen LogP contribution in [0.1, 0.15) is 50.5 Å². The summed E-state index contributed by atoms with van der Waals surface area (Å²) in [5, 5.41) is 19.1. The van der Waals surface area contributed by atoms with Gasteiger partial charge in [-0.15, -0.1) is 0 Å². The number of carboxylic acid groups (broad SMARTS) is 1. The highest BCUT2D eigenvalue weighted by Gasteiger charge is 2.34. The van der Waals surface area contributed by atoms with E-state index >= 15 is 0 Å². The zero-order valence-electron chi connectivity index (χ0n) is 24.7. The fourth-order valence-electron chi connectivity index (χ4n) is 4.98. The minimum Gasteiger partial charge on any atom is -0.478 e. The number of fused-ring (bicyclic) bond motifs is 1. The second kappa shape index (κ2) is 13.1. The highest BCUT2D eigenvalue weighted by molar-refractivity contribution is 5.98. The summed E-state index contributed by atoms with van der Waals surface area (Å²) >= 11 is 0. The highest BCUT2D eigenvalue weighted by Crippen LogP contribution is 2.30. The standard InChI is InChI=1S/C32H38N4O6/c1-20-16-36(21(2)19-37)31(39)27-14-26(23-10-12-24(13-11-23)30(38)34(3)4)15-33-29(27)42-28(20)18-35(5)17-22-6-8-25(9-7-22)32(40)41/h6-15,20-21,28,37H,16-19H2,1-5H3,(H,40,41)/t20-,21+,28-/m1/s1. The lowest BCUT2D eigenvalue weighted by Gasteiger charge is -2.37. The summed E-state index contributed by atoms with van der Waals surface area (Å²) in [5.41, 5.74) is 3.58. The van der Waals surface area contributed by atoms with Crippen molar-refractivity contribution in [3.63, 3.8) is 0 Å². The number of aliphatic hydroxyl groups is 1. The predicted molar refractivity (Wildman–Crippen MR) is 159 cm³/mol. The van der Waals surface area contributed by atoms with Crippen molar-refractivity contribution in [3.05, 3.63) is 83.0 Å². The molecule has 2 heterocycles. The van der Waals surface area contributed by atoms with Crippen molar-refractivity contribution in [1.29, 1.82) is 0 Å². The molecule has 0 fully saturated rings. The van der Waals surface area contributed by atoms with Crippen LogP contribution in [0.4, 0.5) is 0 Å². The van der Waals surface area contributed by atoms with Crippen molar-refractivity contribution in [2.45, 2.75) is 32.5 Å². The van der Waals surface area contributed by atoms with Gasteiger partial charge >= 0.3 is 5.97 Å². The van der Waals surface area contributed by atoms with E-state index in [1.165, 1.54) is 4.90 Å². The Labute approximate surface area is 246 Å². The summed E-state index contributed by atoms with van der Waals surface area (Å²) in [7, 11) is 5.36. The number of nitrogens with zero attached hydrogens (tertiary/aromatic N) is 4. The summed E-state index contributed by atoms with van der Waals surface area (Å²) in [6, 6.07) is 15.3. The van der Waals surface area contributed by atoms with Crippen molar-refractivity contribution < 1.29 is 29.3 Å². The predicted octanol–water partition coefficient (Wildman–Crippen LogP) is 3.50. The van der Waals surface area contributed by atoms with Gasteiger partial charge in [-0.2, -0.15) is 0 Å². The third kappa shape index (κ3) is 6.95. The maximum Gasteiger partial charge on any atom is 0.335 e. The average molecular weight is 575 g/mol. The molecule has 0 radical (unpaired) electrons. The number of aromatic carboxylic acids is 1. The lowest BCUT2D eigenvalue weighted by atomic mass is 9.98. The number of hydrogen-bond donors (Lipinski definition) is 2. The van der Waals surface area contributed by atoms with E-state index in [4.69, 9.17) is 4.74 Å². The van der Waals surface area contributed by atoms with Gasteiger partial charge in [-0.3, -0.25) is 14.5 Å². The van der Waals surface area contributed by atoms with E-state index in [9.17, 15) is 24.6 Å². The molecule has 10 nitrogen and oxygen atoms in total. The first kappa shape index (κ1) is 30.7. The van der Waals surface area contributed by atoms with Gasteiger partial charge < -0.3 is 24.7 Å². The first-order valence-electron chi connectivity index (χ1n) is 13.9. The molecule has 0 aliphatic carbocycles. The second-order valence-corrected chi connectivity index (χ2v) is 11.2. The topological polar surface area (TPSA) is 124 Å². The molecule has 0 unspecified atom stereocenters. The fourth-order valence-corrected chi connectivity index (χ4v) is 4.98. The second-order valence-electron chi connectivity index (χ2n) is 11.2. The zero-order chi connectivity index (χ0) is 30.6. The van der Waals surface area contributed by atoms with Crippen LogP contribution in [0.2, 0.25) is 0 Å². The summed E-state index contributed by atoms with van der Waals surface area (Å²) in [4.78, 5) is 47.1. The van der Waals surface area contributed by atoms with Crippen LogP contribution in [0, 0.1) is 5.92 Å². The average Bonchev–Trinajstić information content (AvgIpc) is 2.98. The Morgan fingerprint density at radius 3 is 2.29 bits per heavy atom. The molecular weight excluding hydrogens is 536 g/mol. The number of amides is 2. The lowest BCUT2D eigenvalue weighted by molar-refractivity contribution is 0.0325. The van der Waals surface area contributed by atoms with Gasteiger partial charge in [0.2, 0.25) is 5.88 Å². The van der Waals surface area contributed by atoms with E-state index in [0.29, 0.717) is 36.3 Å². The van der Waals surface area contributed by atoms with Crippen LogP contribution in [0.25, 0.3) is 11.1 Å². The van der Waals surface area contributed by atoms with Gasteiger partial charge in [0.15, 0.2) is 0 Å². The summed E-state index contributed by atoms with van der Waals surface area (Å²) in [6.45, 7) is 5.14. The molecule has 0 spiro atoms. The number of aliphatic hydroxyl groups excluding tert-OH is 1. The molecule has 3 aromatic rings. The maximum atomic E-state index is 13.8. The number of rotatable bonds is 9. The number of pyridine rings is 1. The van der Waals surface area contributed by atoms with E-state index in [1.54, 1.807) is 67.7 Å². The van der Waals surface area contributed by atoms with Gasteiger partial charge in [0.05, 0.1) is 18.2 Å². The molecule has 10 heteroatoms. The Kier molecular flexibility index (Phi) is 9.59. The van der Waals surface area contributed by atoms with Gasteiger partial charge in [-0.25, -0.2) is 9.78 Å². The monoisotopic (exact) mass is 574 g/mol. The molecule has 2 N–H and O–H groups in total. The Hall–Kier alpha value is -4.28. The van der Waals surface area contributed by atoms with Crippen molar-refractivity contribution in [2.24, 2.45) is 5.92 Å². The van der Waals surface area contributed by atoms with Crippen LogP contribution < -0.4 is 4.74 Å². The molecule has 1 aromatic heterocycles. The molecule has 0 saturated carbocycles. The third-order valence-corrected chi connectivity index (χ3v) is 7.54. The number of benzene rings is 2. The van der Waals surface area contributed by atoms with Gasteiger partial charge in [0.1, 0.15) is 11.7 Å². The first-order valence-corrected chi connectivity index (χ1v) is 13.9. The number of carbonyl (C=O) groups excluding carboxylic acids is 2. The van der Waals surface area contributed by atoms with Crippen LogP contribution in [-0.4, -0.2) is 101 Å². The Morgan fingerprint density at radius 1 is 1.05 bits per heavy atom. The quantitative estimate of drug-likeness (QED) is 0.398. The minimum atomic E-state index is -0.964. The van der Waals surface area contributed by atoms with Crippen molar-refractivity contribution in [1.82, 2.24) is 19.7 Å². The molecular formula is C32H38N4O6. The number of hydrogen-bond acceptors (Lipinski definition) is 7. The Bertz CT molecular complexity index is 1420.